The summed E-state index contributed by atoms with van der Waals surface area (Å²) in [6, 6.07) is 6.14. The van der Waals surface area contributed by atoms with Crippen molar-refractivity contribution < 1.29 is 18.6 Å². The number of fused-ring (bicyclic) bond motifs is 5. The van der Waals surface area contributed by atoms with E-state index in [1.54, 1.807) is 0 Å². The Morgan fingerprint density at radius 3 is 2.80 bits per heavy atom. The molecule has 2 aromatic heterocycles. The number of nitrogens with zero attached hydrogens (tertiary/aromatic N) is 6. The molecule has 0 radical (unpaired) electrons. The molecule has 6 heterocycles. The molecule has 0 spiro atoms. The van der Waals surface area contributed by atoms with Crippen molar-refractivity contribution in [3.8, 4) is 29.8 Å². The van der Waals surface area contributed by atoms with Gasteiger partial charge in [0, 0.05) is 49.6 Å². The molecule has 4 aliphatic heterocycles. The van der Waals surface area contributed by atoms with Gasteiger partial charge >= 0.3 is 6.01 Å². The minimum atomic E-state index is -0.906. The van der Waals surface area contributed by atoms with Crippen molar-refractivity contribution in [3.05, 3.63) is 52.2 Å². The molecule has 4 aromatic rings. The monoisotopic (exact) mass is 599 g/mol. The van der Waals surface area contributed by atoms with Crippen LogP contribution in [0.25, 0.3) is 27.4 Å². The third-order valence-electron chi connectivity index (χ3n) is 9.75. The molecule has 2 bridgehead atoms. The third kappa shape index (κ3) is 4.29. The fourth-order valence-corrected chi connectivity index (χ4v) is 7.79. The number of aromatic nitrogens is 4. The maximum absolute atomic E-state index is 14.8. The highest BCUT2D eigenvalue weighted by Gasteiger charge is 2.49. The van der Waals surface area contributed by atoms with Gasteiger partial charge in [0.2, 0.25) is 0 Å². The van der Waals surface area contributed by atoms with Crippen LogP contribution in [-0.4, -0.2) is 86.3 Å². The van der Waals surface area contributed by atoms with Crippen molar-refractivity contribution in [2.75, 3.05) is 37.7 Å². The average molecular weight is 600 g/mol. The Kier molecular flexibility index (Phi) is 6.25. The molecular weight excluding hydrogens is 568 g/mol. The van der Waals surface area contributed by atoms with Gasteiger partial charge < -0.3 is 20.1 Å². The van der Waals surface area contributed by atoms with Crippen LogP contribution in [-0.2, 0) is 0 Å². The summed E-state index contributed by atoms with van der Waals surface area (Å²) < 4.78 is 36.5. The quantitative estimate of drug-likeness (QED) is 0.335. The zero-order chi connectivity index (χ0) is 30.2. The summed E-state index contributed by atoms with van der Waals surface area (Å²) in [4.78, 5) is 27.9. The van der Waals surface area contributed by atoms with E-state index in [4.69, 9.17) is 16.1 Å². The van der Waals surface area contributed by atoms with Crippen molar-refractivity contribution >= 4 is 27.5 Å². The number of piperazine rings is 1. The van der Waals surface area contributed by atoms with Crippen LogP contribution in [0.15, 0.2) is 35.3 Å². The van der Waals surface area contributed by atoms with Gasteiger partial charge in [-0.05, 0) is 49.7 Å². The van der Waals surface area contributed by atoms with Crippen LogP contribution < -0.4 is 20.5 Å². The largest absolute Gasteiger partial charge is 0.508 e. The van der Waals surface area contributed by atoms with Gasteiger partial charge in [0.05, 0.1) is 28.4 Å². The molecule has 12 heteroatoms. The van der Waals surface area contributed by atoms with E-state index < -0.39 is 23.1 Å². The van der Waals surface area contributed by atoms with Gasteiger partial charge in [-0.25, -0.2) is 8.78 Å². The molecule has 8 rings (SSSR count). The van der Waals surface area contributed by atoms with Crippen LogP contribution in [0.5, 0.6) is 11.8 Å². The zero-order valence-electron chi connectivity index (χ0n) is 24.0. The summed E-state index contributed by atoms with van der Waals surface area (Å²) >= 11 is 0. The Morgan fingerprint density at radius 2 is 2.00 bits per heavy atom. The van der Waals surface area contributed by atoms with Gasteiger partial charge in [0.1, 0.15) is 35.7 Å². The number of nitrogens with one attached hydrogen (secondary N) is 1. The van der Waals surface area contributed by atoms with E-state index in [2.05, 4.69) is 31.1 Å². The van der Waals surface area contributed by atoms with E-state index >= 15 is 0 Å². The van der Waals surface area contributed by atoms with Crippen LogP contribution >= 0.6 is 0 Å². The average Bonchev–Trinajstić information content (AvgIpc) is 3.66. The molecule has 2 aromatic carbocycles. The molecule has 44 heavy (non-hydrogen) atoms. The van der Waals surface area contributed by atoms with Crippen LogP contribution in [0.3, 0.4) is 0 Å². The van der Waals surface area contributed by atoms with Crippen molar-refractivity contribution in [3.63, 3.8) is 0 Å². The topological polar surface area (TPSA) is 109 Å². The Hall–Kier alpha value is -4.34. The van der Waals surface area contributed by atoms with Gasteiger partial charge in [-0.15, -0.1) is 6.42 Å². The number of phenolic OH excluding ortho intramolecular Hbond substituents is 1. The van der Waals surface area contributed by atoms with E-state index in [0.717, 1.165) is 36.9 Å². The summed E-state index contributed by atoms with van der Waals surface area (Å²) in [7, 11) is 0. The van der Waals surface area contributed by atoms with Crippen LogP contribution in [0, 0.1) is 18.2 Å². The van der Waals surface area contributed by atoms with Gasteiger partial charge in [-0.3, -0.25) is 9.69 Å². The van der Waals surface area contributed by atoms with Crippen molar-refractivity contribution in [2.24, 2.45) is 0 Å². The Bertz CT molecular complexity index is 1910. The van der Waals surface area contributed by atoms with Crippen LogP contribution in [0.4, 0.5) is 14.6 Å². The summed E-state index contributed by atoms with van der Waals surface area (Å²) in [5.74, 6) is 2.16. The van der Waals surface area contributed by atoms with E-state index in [0.29, 0.717) is 54.7 Å². The maximum atomic E-state index is 14.8. The normalized spacial score (nSPS) is 26.4. The number of anilines is 1. The second-order valence-electron chi connectivity index (χ2n) is 12.5. The second-order valence-corrected chi connectivity index (χ2v) is 12.5. The molecule has 2 N–H and O–H groups in total. The molecule has 0 saturated carbocycles. The molecule has 4 atom stereocenters. The SMILES string of the molecule is C#Cc1c(F)ccc2cc(O)cc(-n3ncc4c(N5CC6CCC(C5)N6)nc(OC[C@@]56CCCN5C[C@H](F)C6)nc4c3=O)c12. The highest BCUT2D eigenvalue weighted by molar-refractivity contribution is 5.97. The molecule has 4 saturated heterocycles. The standard InChI is InChI=1S/C32H31F2N7O3/c1-2-23-25(34)7-4-18-10-22(42)11-26(27(18)23)41-30(43)28-24(13-35-41)29(39-15-20-5-6-21(16-39)36-20)38-31(37-28)44-17-32-8-3-9-40(32)14-19(33)12-32/h1,4,7,10-11,13,19-21,36,42H,3,5-6,8-9,12,14-17H2/t19-,20?,21?,32+/m1/s1. The van der Waals surface area contributed by atoms with E-state index in [-0.39, 0.29) is 40.5 Å². The lowest BCUT2D eigenvalue weighted by Crippen LogP contribution is -2.51. The predicted octanol–water partition coefficient (Wildman–Crippen LogP) is 3.05. The fraction of sp³-hybridized carbons (Fsp3) is 0.438. The Morgan fingerprint density at radius 1 is 1.18 bits per heavy atom. The number of benzene rings is 2. The summed E-state index contributed by atoms with van der Waals surface area (Å²) in [5, 5.41) is 19.8. The minimum Gasteiger partial charge on any atom is -0.508 e. The first-order valence-corrected chi connectivity index (χ1v) is 15.1. The minimum absolute atomic E-state index is 0.0351. The number of hydrogen-bond acceptors (Lipinski definition) is 9. The summed E-state index contributed by atoms with van der Waals surface area (Å²) in [6.45, 7) is 2.84. The van der Waals surface area contributed by atoms with Gasteiger partial charge in [0.15, 0.2) is 0 Å². The first kappa shape index (κ1) is 27.2. The Balaban J connectivity index is 1.28. The van der Waals surface area contributed by atoms with Crippen LogP contribution in [0.1, 0.15) is 37.7 Å². The lowest BCUT2D eigenvalue weighted by atomic mass is 9.95. The van der Waals surface area contributed by atoms with Gasteiger partial charge in [-0.1, -0.05) is 12.0 Å². The third-order valence-corrected chi connectivity index (χ3v) is 9.75. The zero-order valence-corrected chi connectivity index (χ0v) is 24.0. The lowest BCUT2D eigenvalue weighted by Gasteiger charge is -2.34. The first-order chi connectivity index (χ1) is 21.3. The maximum Gasteiger partial charge on any atom is 0.319 e. The van der Waals surface area contributed by atoms with E-state index in [9.17, 15) is 18.7 Å². The number of ether oxygens (including phenoxy) is 1. The van der Waals surface area contributed by atoms with Gasteiger partial charge in [-0.2, -0.15) is 19.7 Å². The molecule has 4 aliphatic rings. The second kappa shape index (κ2) is 10.1. The Labute approximate surface area is 251 Å². The molecule has 226 valence electrons. The lowest BCUT2D eigenvalue weighted by molar-refractivity contribution is 0.107. The number of hydrogen-bond donors (Lipinski definition) is 2. The van der Waals surface area contributed by atoms with Crippen molar-refractivity contribution in [1.29, 1.82) is 0 Å². The molecule has 0 amide bonds. The first-order valence-electron chi connectivity index (χ1n) is 15.1. The summed E-state index contributed by atoms with van der Waals surface area (Å²) in [6.07, 6.45) is 10.6. The van der Waals surface area contributed by atoms with Crippen molar-refractivity contribution in [2.45, 2.75) is 55.9 Å². The molecule has 2 unspecified atom stereocenters. The fourth-order valence-electron chi connectivity index (χ4n) is 7.79. The molecule has 0 aliphatic carbocycles. The number of terminal acetylenes is 1. The number of rotatable bonds is 5. The molecule has 10 nitrogen and oxygen atoms in total. The van der Waals surface area contributed by atoms with Gasteiger partial charge in [0.25, 0.3) is 5.56 Å². The smallest absolute Gasteiger partial charge is 0.319 e. The molecule has 4 fully saturated rings. The molecular formula is C32H31F2N7O3. The summed E-state index contributed by atoms with van der Waals surface area (Å²) in [5.41, 5.74) is -0.864. The number of aromatic hydroxyl groups is 1. The highest BCUT2D eigenvalue weighted by Crippen LogP contribution is 2.40. The highest BCUT2D eigenvalue weighted by atomic mass is 19.1. The predicted molar refractivity (Wildman–Crippen MR) is 161 cm³/mol. The van der Waals surface area contributed by atoms with E-state index in [1.165, 1.54) is 30.5 Å². The number of alkyl halides is 1. The van der Waals surface area contributed by atoms with Crippen molar-refractivity contribution in [1.82, 2.24) is 30.0 Å². The van der Waals surface area contributed by atoms with Crippen LogP contribution in [0.2, 0.25) is 0 Å². The number of phenols is 1. The number of halogens is 2. The van der Waals surface area contributed by atoms with E-state index in [1.807, 2.05) is 0 Å².